The lowest BCUT2D eigenvalue weighted by Gasteiger charge is -2.36. The number of rotatable bonds is 3. The average Bonchev–Trinajstić information content (AvgIpc) is 3.06. The van der Waals surface area contributed by atoms with E-state index in [0.29, 0.717) is 18.0 Å². The normalized spacial score (nSPS) is 15.3. The van der Waals surface area contributed by atoms with Crippen molar-refractivity contribution in [2.45, 2.75) is 20.4 Å². The van der Waals surface area contributed by atoms with Gasteiger partial charge < -0.3 is 9.42 Å². The molecule has 0 atom stereocenters. The predicted octanol–water partition coefficient (Wildman–Crippen LogP) is 2.43. The molecule has 3 aromatic rings. The van der Waals surface area contributed by atoms with E-state index < -0.39 is 0 Å². The fourth-order valence-electron chi connectivity index (χ4n) is 3.51. The predicted molar refractivity (Wildman–Crippen MR) is 97.7 cm³/mol. The van der Waals surface area contributed by atoms with E-state index in [9.17, 15) is 5.26 Å². The Bertz CT molecular complexity index is 981. The lowest BCUT2D eigenvalue weighted by Crippen LogP contribution is -2.46. The van der Waals surface area contributed by atoms with Crippen LogP contribution in [0.4, 0.5) is 5.69 Å². The highest BCUT2D eigenvalue weighted by Crippen LogP contribution is 2.31. The van der Waals surface area contributed by atoms with Gasteiger partial charge in [0.1, 0.15) is 6.07 Å². The van der Waals surface area contributed by atoms with Crippen LogP contribution in [0.25, 0.3) is 10.9 Å². The first-order valence-corrected chi connectivity index (χ1v) is 8.70. The molecule has 1 aliphatic rings. The number of pyridine rings is 1. The van der Waals surface area contributed by atoms with Gasteiger partial charge in [-0.25, -0.2) is 0 Å². The van der Waals surface area contributed by atoms with Crippen LogP contribution in [0.15, 0.2) is 28.9 Å². The van der Waals surface area contributed by atoms with Crippen molar-refractivity contribution in [3.63, 3.8) is 0 Å². The minimum Gasteiger partial charge on any atom is -0.367 e. The molecule has 0 spiro atoms. The van der Waals surface area contributed by atoms with Crippen molar-refractivity contribution in [1.82, 2.24) is 20.0 Å². The summed E-state index contributed by atoms with van der Waals surface area (Å²) < 4.78 is 5.04. The molecule has 0 amide bonds. The van der Waals surface area contributed by atoms with E-state index in [1.807, 2.05) is 6.07 Å². The third-order valence-electron chi connectivity index (χ3n) is 4.81. The number of hydrogen-bond donors (Lipinski definition) is 0. The van der Waals surface area contributed by atoms with E-state index >= 15 is 0 Å². The molecule has 7 heteroatoms. The standard InChI is InChI=1S/C19H20N6O/c1-13-4-3-5-16-18(13)21-11-15(10-20)19(16)25-8-6-24(7-9-25)12-17-22-14(2)26-23-17/h3-5,11H,6-9,12H2,1-2H3. The number of aromatic nitrogens is 3. The maximum Gasteiger partial charge on any atom is 0.223 e. The number of piperazine rings is 1. The van der Waals surface area contributed by atoms with Crippen molar-refractivity contribution in [2.75, 3.05) is 31.1 Å². The van der Waals surface area contributed by atoms with Crippen molar-refractivity contribution in [3.05, 3.63) is 47.2 Å². The smallest absolute Gasteiger partial charge is 0.223 e. The van der Waals surface area contributed by atoms with Gasteiger partial charge in [0.05, 0.1) is 23.3 Å². The molecular formula is C19H20N6O. The molecule has 2 aromatic heterocycles. The lowest BCUT2D eigenvalue weighted by molar-refractivity contribution is 0.240. The van der Waals surface area contributed by atoms with Crippen molar-refractivity contribution < 1.29 is 4.52 Å². The molecule has 1 aliphatic heterocycles. The zero-order valence-corrected chi connectivity index (χ0v) is 14.9. The Morgan fingerprint density at radius 1 is 1.19 bits per heavy atom. The van der Waals surface area contributed by atoms with Crippen LogP contribution in [0.1, 0.15) is 22.8 Å². The minimum absolute atomic E-state index is 0.593. The molecule has 4 rings (SSSR count). The van der Waals surface area contributed by atoms with Gasteiger partial charge in [0.2, 0.25) is 5.89 Å². The van der Waals surface area contributed by atoms with Crippen LogP contribution in [0.5, 0.6) is 0 Å². The van der Waals surface area contributed by atoms with Gasteiger partial charge >= 0.3 is 0 Å². The van der Waals surface area contributed by atoms with Gasteiger partial charge in [-0.05, 0) is 12.5 Å². The molecule has 1 saturated heterocycles. The average molecular weight is 348 g/mol. The van der Waals surface area contributed by atoms with Crippen LogP contribution >= 0.6 is 0 Å². The molecule has 0 unspecified atom stereocenters. The zero-order valence-electron chi connectivity index (χ0n) is 14.9. The number of nitriles is 1. The second-order valence-corrected chi connectivity index (χ2v) is 6.60. The van der Waals surface area contributed by atoms with Crippen LogP contribution in [-0.4, -0.2) is 46.2 Å². The van der Waals surface area contributed by atoms with Crippen LogP contribution in [-0.2, 0) is 6.54 Å². The van der Waals surface area contributed by atoms with Crippen molar-refractivity contribution >= 4 is 16.6 Å². The van der Waals surface area contributed by atoms with Gasteiger partial charge in [0, 0.05) is 44.7 Å². The Morgan fingerprint density at radius 3 is 2.69 bits per heavy atom. The number of benzene rings is 1. The van der Waals surface area contributed by atoms with Crippen LogP contribution in [0.2, 0.25) is 0 Å². The Kier molecular flexibility index (Phi) is 4.27. The highest BCUT2D eigenvalue weighted by Gasteiger charge is 2.23. The molecule has 132 valence electrons. The molecule has 1 aromatic carbocycles. The lowest BCUT2D eigenvalue weighted by atomic mass is 10.0. The molecule has 0 bridgehead atoms. The SMILES string of the molecule is Cc1nc(CN2CCN(c3c(C#N)cnc4c(C)cccc34)CC2)no1. The largest absolute Gasteiger partial charge is 0.367 e. The number of fused-ring (bicyclic) bond motifs is 1. The Hall–Kier alpha value is -2.98. The summed E-state index contributed by atoms with van der Waals surface area (Å²) in [4.78, 5) is 13.4. The van der Waals surface area contributed by atoms with Crippen LogP contribution in [0, 0.1) is 25.2 Å². The summed E-state index contributed by atoms with van der Waals surface area (Å²) in [6.07, 6.45) is 1.69. The maximum absolute atomic E-state index is 9.57. The summed E-state index contributed by atoms with van der Waals surface area (Å²) in [6.45, 7) is 8.00. The van der Waals surface area contributed by atoms with E-state index in [0.717, 1.165) is 54.2 Å². The Balaban J connectivity index is 1.57. The van der Waals surface area contributed by atoms with E-state index in [4.69, 9.17) is 4.52 Å². The Morgan fingerprint density at radius 2 is 2.00 bits per heavy atom. The summed E-state index contributed by atoms with van der Waals surface area (Å²) in [5.74, 6) is 1.31. The summed E-state index contributed by atoms with van der Waals surface area (Å²) >= 11 is 0. The molecule has 0 radical (unpaired) electrons. The van der Waals surface area contributed by atoms with Crippen molar-refractivity contribution in [3.8, 4) is 6.07 Å². The number of hydrogen-bond acceptors (Lipinski definition) is 7. The maximum atomic E-state index is 9.57. The summed E-state index contributed by atoms with van der Waals surface area (Å²) in [6, 6.07) is 8.44. The first-order valence-electron chi connectivity index (χ1n) is 8.70. The molecule has 26 heavy (non-hydrogen) atoms. The van der Waals surface area contributed by atoms with Gasteiger partial charge in [-0.2, -0.15) is 10.2 Å². The van der Waals surface area contributed by atoms with E-state index in [-0.39, 0.29) is 0 Å². The quantitative estimate of drug-likeness (QED) is 0.719. The molecular weight excluding hydrogens is 328 g/mol. The highest BCUT2D eigenvalue weighted by atomic mass is 16.5. The van der Waals surface area contributed by atoms with E-state index in [2.05, 4.69) is 50.1 Å². The summed E-state index contributed by atoms with van der Waals surface area (Å²) in [5.41, 5.74) is 3.71. The fourth-order valence-corrected chi connectivity index (χ4v) is 3.51. The number of anilines is 1. The topological polar surface area (TPSA) is 82.1 Å². The summed E-state index contributed by atoms with van der Waals surface area (Å²) in [5, 5.41) is 14.6. The van der Waals surface area contributed by atoms with Gasteiger partial charge in [-0.3, -0.25) is 9.88 Å². The molecule has 0 saturated carbocycles. The van der Waals surface area contributed by atoms with E-state index in [1.54, 1.807) is 13.1 Å². The fraction of sp³-hybridized carbons (Fsp3) is 0.368. The number of para-hydroxylation sites is 1. The van der Waals surface area contributed by atoms with Gasteiger partial charge in [-0.15, -0.1) is 0 Å². The minimum atomic E-state index is 0.593. The van der Waals surface area contributed by atoms with Crippen molar-refractivity contribution in [2.24, 2.45) is 0 Å². The Labute approximate surface area is 151 Å². The molecule has 0 aliphatic carbocycles. The second kappa shape index (κ2) is 6.73. The first kappa shape index (κ1) is 16.5. The molecule has 0 N–H and O–H groups in total. The second-order valence-electron chi connectivity index (χ2n) is 6.60. The van der Waals surface area contributed by atoms with Crippen molar-refractivity contribution in [1.29, 1.82) is 5.26 Å². The van der Waals surface area contributed by atoms with E-state index in [1.165, 1.54) is 0 Å². The third-order valence-corrected chi connectivity index (χ3v) is 4.81. The van der Waals surface area contributed by atoms with Gasteiger partial charge in [0.25, 0.3) is 0 Å². The third kappa shape index (κ3) is 3.00. The molecule has 3 heterocycles. The van der Waals surface area contributed by atoms with Crippen LogP contribution < -0.4 is 4.90 Å². The number of nitrogens with zero attached hydrogens (tertiary/aromatic N) is 6. The summed E-state index contributed by atoms with van der Waals surface area (Å²) in [7, 11) is 0. The monoisotopic (exact) mass is 348 g/mol. The van der Waals surface area contributed by atoms with Gasteiger partial charge in [0.15, 0.2) is 5.82 Å². The molecule has 7 nitrogen and oxygen atoms in total. The van der Waals surface area contributed by atoms with Gasteiger partial charge in [-0.1, -0.05) is 23.4 Å². The van der Waals surface area contributed by atoms with Crippen LogP contribution in [0.3, 0.4) is 0 Å². The number of aryl methyl sites for hydroxylation is 2. The highest BCUT2D eigenvalue weighted by molar-refractivity contribution is 5.96. The zero-order chi connectivity index (χ0) is 18.1. The molecule has 1 fully saturated rings. The first-order chi connectivity index (χ1) is 12.7.